The Labute approximate surface area is 223 Å². The number of methoxy groups -OCH3 is 2. The number of para-hydroxylation sites is 1. The summed E-state index contributed by atoms with van der Waals surface area (Å²) in [6.45, 7) is 0.521. The zero-order valence-electron chi connectivity index (χ0n) is 21.9. The van der Waals surface area contributed by atoms with Crippen molar-refractivity contribution in [1.29, 1.82) is 0 Å². The van der Waals surface area contributed by atoms with Crippen molar-refractivity contribution < 1.29 is 24.1 Å². The molecule has 4 aromatic rings. The zero-order chi connectivity index (χ0) is 26.7. The summed E-state index contributed by atoms with van der Waals surface area (Å²) < 4.78 is 19.1. The summed E-state index contributed by atoms with van der Waals surface area (Å²) in [4.78, 5) is 15.7. The molecular weight excluding hydrogens is 480 g/mol. The fourth-order valence-corrected chi connectivity index (χ4v) is 4.35. The van der Waals surface area contributed by atoms with Gasteiger partial charge in [-0.2, -0.15) is 4.98 Å². The van der Waals surface area contributed by atoms with E-state index in [0.717, 1.165) is 65.4 Å². The third-order valence-electron chi connectivity index (χ3n) is 6.35. The van der Waals surface area contributed by atoms with E-state index in [1.54, 1.807) is 14.2 Å². The van der Waals surface area contributed by atoms with Gasteiger partial charge in [0.15, 0.2) is 0 Å². The molecule has 0 aliphatic heterocycles. The van der Waals surface area contributed by atoms with E-state index in [1.807, 2.05) is 78.9 Å². The van der Waals surface area contributed by atoms with E-state index < -0.39 is 5.97 Å². The fraction of sp³-hybridized carbons (Fsp3) is 0.290. The van der Waals surface area contributed by atoms with Gasteiger partial charge in [0.25, 0.3) is 0 Å². The highest BCUT2D eigenvalue weighted by Gasteiger charge is 2.22. The van der Waals surface area contributed by atoms with Crippen LogP contribution in [0.25, 0.3) is 28.2 Å². The number of carboxylic acids is 1. The lowest BCUT2D eigenvalue weighted by atomic mass is 10.0. The molecule has 0 atom stereocenters. The van der Waals surface area contributed by atoms with E-state index >= 15 is 0 Å². The highest BCUT2D eigenvalue weighted by Crippen LogP contribution is 2.39. The second-order valence-corrected chi connectivity index (χ2v) is 8.98. The van der Waals surface area contributed by atoms with E-state index in [4.69, 9.17) is 24.3 Å². The second kappa shape index (κ2) is 13.3. The standard InChI is InChI=1S/C31H34N2O5/c1-36-26-18-14-23(15-19-26)29-30(24-16-20-27(37-2)21-17-24)33(25-11-7-6-8-12-25)31(32-29)38-22-10-5-3-4-9-13-28(34)35/h6-8,11-12,14-21H,3-5,9-10,13,22H2,1-2H3,(H,34,35). The van der Waals surface area contributed by atoms with Gasteiger partial charge >= 0.3 is 12.0 Å². The molecule has 198 valence electrons. The Morgan fingerprint density at radius 2 is 1.34 bits per heavy atom. The summed E-state index contributed by atoms with van der Waals surface area (Å²) in [7, 11) is 3.31. The number of hydrogen-bond acceptors (Lipinski definition) is 5. The summed E-state index contributed by atoms with van der Waals surface area (Å²) in [5.74, 6) is 0.828. The van der Waals surface area contributed by atoms with Crippen molar-refractivity contribution in [3.63, 3.8) is 0 Å². The maximum Gasteiger partial charge on any atom is 0.303 e. The van der Waals surface area contributed by atoms with Gasteiger partial charge in [0.05, 0.1) is 32.2 Å². The number of nitrogens with zero attached hydrogens (tertiary/aromatic N) is 2. The van der Waals surface area contributed by atoms with Crippen molar-refractivity contribution >= 4 is 5.97 Å². The van der Waals surface area contributed by atoms with Gasteiger partial charge in [-0.1, -0.05) is 37.5 Å². The first kappa shape index (κ1) is 26.8. The third-order valence-corrected chi connectivity index (χ3v) is 6.35. The SMILES string of the molecule is COc1ccc(-c2nc(OCCCCCCCC(=O)O)n(-c3ccccc3)c2-c2ccc(OC)cc2)cc1. The van der Waals surface area contributed by atoms with Gasteiger partial charge in [0.1, 0.15) is 17.2 Å². The smallest absolute Gasteiger partial charge is 0.303 e. The first-order valence-corrected chi connectivity index (χ1v) is 12.9. The van der Waals surface area contributed by atoms with Crippen LogP contribution in [0.4, 0.5) is 0 Å². The molecule has 0 saturated heterocycles. The largest absolute Gasteiger partial charge is 0.497 e. The Balaban J connectivity index is 1.67. The number of ether oxygens (including phenoxy) is 3. The van der Waals surface area contributed by atoms with Crippen LogP contribution in [0.2, 0.25) is 0 Å². The molecule has 0 bridgehead atoms. The summed E-state index contributed by atoms with van der Waals surface area (Å²) in [6.07, 6.45) is 4.68. The number of rotatable bonds is 14. The van der Waals surface area contributed by atoms with Gasteiger partial charge in [0.2, 0.25) is 0 Å². The van der Waals surface area contributed by atoms with E-state index in [9.17, 15) is 4.79 Å². The highest BCUT2D eigenvalue weighted by atomic mass is 16.5. The molecule has 0 amide bonds. The molecule has 4 rings (SSSR count). The molecular formula is C31H34N2O5. The van der Waals surface area contributed by atoms with Crippen molar-refractivity contribution in [1.82, 2.24) is 9.55 Å². The first-order chi connectivity index (χ1) is 18.6. The summed E-state index contributed by atoms with van der Waals surface area (Å²) in [5, 5.41) is 8.80. The molecule has 1 heterocycles. The molecule has 38 heavy (non-hydrogen) atoms. The minimum absolute atomic E-state index is 0.229. The average Bonchev–Trinajstić information content (AvgIpc) is 3.34. The number of aliphatic carboxylic acids is 1. The van der Waals surface area contributed by atoms with E-state index in [2.05, 4.69) is 4.57 Å². The molecule has 3 aromatic carbocycles. The molecule has 0 spiro atoms. The topological polar surface area (TPSA) is 82.8 Å². The fourth-order valence-electron chi connectivity index (χ4n) is 4.35. The minimum atomic E-state index is -0.735. The average molecular weight is 515 g/mol. The predicted octanol–water partition coefficient (Wildman–Crippen LogP) is 7.03. The maximum absolute atomic E-state index is 10.7. The number of carbonyl (C=O) groups is 1. The van der Waals surface area contributed by atoms with E-state index in [-0.39, 0.29) is 6.42 Å². The molecule has 0 unspecified atom stereocenters. The lowest BCUT2D eigenvalue weighted by molar-refractivity contribution is -0.137. The number of benzene rings is 3. The summed E-state index contributed by atoms with van der Waals surface area (Å²) >= 11 is 0. The Morgan fingerprint density at radius 3 is 1.95 bits per heavy atom. The van der Waals surface area contributed by atoms with Gasteiger partial charge in [-0.25, -0.2) is 0 Å². The Morgan fingerprint density at radius 1 is 0.763 bits per heavy atom. The van der Waals surface area contributed by atoms with E-state index in [1.165, 1.54) is 0 Å². The van der Waals surface area contributed by atoms with Gasteiger partial charge in [-0.3, -0.25) is 9.36 Å². The molecule has 0 radical (unpaired) electrons. The number of hydrogen-bond donors (Lipinski definition) is 1. The number of imidazole rings is 1. The zero-order valence-corrected chi connectivity index (χ0v) is 21.9. The molecule has 7 heteroatoms. The second-order valence-electron chi connectivity index (χ2n) is 8.98. The van der Waals surface area contributed by atoms with E-state index in [0.29, 0.717) is 19.0 Å². The Hall–Kier alpha value is -4.26. The van der Waals surface area contributed by atoms with Crippen LogP contribution in [-0.4, -0.2) is 41.5 Å². The third kappa shape index (κ3) is 6.73. The maximum atomic E-state index is 10.7. The van der Waals surface area contributed by atoms with Gasteiger partial charge in [-0.05, 0) is 73.5 Å². The summed E-state index contributed by atoms with van der Waals surface area (Å²) in [5.41, 5.74) is 4.63. The molecule has 0 saturated carbocycles. The van der Waals surface area contributed by atoms with Crippen molar-refractivity contribution in [2.24, 2.45) is 0 Å². The molecule has 0 fully saturated rings. The van der Waals surface area contributed by atoms with Gasteiger partial charge < -0.3 is 19.3 Å². The number of unbranched alkanes of at least 4 members (excludes halogenated alkanes) is 4. The molecule has 0 aliphatic carbocycles. The normalized spacial score (nSPS) is 10.8. The molecule has 7 nitrogen and oxygen atoms in total. The van der Waals surface area contributed by atoms with Gasteiger partial charge in [0, 0.05) is 17.5 Å². The van der Waals surface area contributed by atoms with Crippen LogP contribution in [-0.2, 0) is 4.79 Å². The lowest BCUT2D eigenvalue weighted by Crippen LogP contribution is -2.05. The quantitative estimate of drug-likeness (QED) is 0.182. The van der Waals surface area contributed by atoms with Gasteiger partial charge in [-0.15, -0.1) is 0 Å². The van der Waals surface area contributed by atoms with Crippen LogP contribution in [0.5, 0.6) is 17.5 Å². The lowest BCUT2D eigenvalue weighted by Gasteiger charge is -2.14. The van der Waals surface area contributed by atoms with Crippen molar-refractivity contribution in [3.05, 3.63) is 78.9 Å². The predicted molar refractivity (Wildman–Crippen MR) is 148 cm³/mol. The monoisotopic (exact) mass is 514 g/mol. The number of aromatic nitrogens is 2. The van der Waals surface area contributed by atoms with Crippen molar-refractivity contribution in [3.8, 4) is 45.7 Å². The number of carboxylic acid groups (broad SMARTS) is 1. The first-order valence-electron chi connectivity index (χ1n) is 12.9. The Bertz CT molecular complexity index is 1300. The molecule has 1 aromatic heterocycles. The highest BCUT2D eigenvalue weighted by molar-refractivity contribution is 5.81. The Kier molecular flexibility index (Phi) is 9.40. The van der Waals surface area contributed by atoms with Crippen LogP contribution in [0.15, 0.2) is 78.9 Å². The summed E-state index contributed by atoms with van der Waals surface area (Å²) in [6, 6.07) is 26.4. The minimum Gasteiger partial charge on any atom is -0.497 e. The van der Waals surface area contributed by atoms with Crippen molar-refractivity contribution in [2.45, 2.75) is 38.5 Å². The van der Waals surface area contributed by atoms with Crippen molar-refractivity contribution in [2.75, 3.05) is 20.8 Å². The molecule has 1 N–H and O–H groups in total. The van der Waals surface area contributed by atoms with Crippen LogP contribution < -0.4 is 14.2 Å². The van der Waals surface area contributed by atoms with Crippen LogP contribution in [0.3, 0.4) is 0 Å². The van der Waals surface area contributed by atoms with Crippen LogP contribution in [0, 0.1) is 0 Å². The van der Waals surface area contributed by atoms with Crippen LogP contribution in [0.1, 0.15) is 38.5 Å². The van der Waals surface area contributed by atoms with Crippen LogP contribution >= 0.6 is 0 Å². The molecule has 0 aliphatic rings.